The molecule has 1 N–H and O–H groups in total. The largest absolute Gasteiger partial charge is 0.383 e. The van der Waals surface area contributed by atoms with Gasteiger partial charge in [0.05, 0.1) is 6.61 Å². The predicted octanol–water partition coefficient (Wildman–Crippen LogP) is 3.78. The van der Waals surface area contributed by atoms with Crippen molar-refractivity contribution in [3.05, 3.63) is 34.6 Å². The number of hydrogen-bond acceptors (Lipinski definition) is 2. The van der Waals surface area contributed by atoms with Crippen LogP contribution in [-0.2, 0) is 11.2 Å². The Hall–Kier alpha value is -0.930. The molecule has 1 aromatic rings. The molecule has 0 aliphatic carbocycles. The van der Waals surface area contributed by atoms with Crippen molar-refractivity contribution in [3.8, 4) is 0 Å². The molecule has 0 aromatic heterocycles. The van der Waals surface area contributed by atoms with Crippen molar-refractivity contribution in [1.82, 2.24) is 5.32 Å². The molecule has 0 saturated heterocycles. The van der Waals surface area contributed by atoms with Gasteiger partial charge < -0.3 is 10.1 Å². The van der Waals surface area contributed by atoms with Gasteiger partial charge in [-0.3, -0.25) is 0 Å². The summed E-state index contributed by atoms with van der Waals surface area (Å²) in [6.07, 6.45) is 5.94. The molecule has 1 aromatic carbocycles. The molecule has 0 fully saturated rings. The first kappa shape index (κ1) is 17.1. The summed E-state index contributed by atoms with van der Waals surface area (Å²) in [6.45, 7) is 6.47. The smallest absolute Gasteiger partial charge is 0.129 e. The van der Waals surface area contributed by atoms with E-state index in [9.17, 15) is 4.39 Å². The first-order valence-corrected chi connectivity index (χ1v) is 7.60. The van der Waals surface area contributed by atoms with Gasteiger partial charge in [0.15, 0.2) is 0 Å². The highest BCUT2D eigenvalue weighted by Crippen LogP contribution is 2.16. The summed E-state index contributed by atoms with van der Waals surface area (Å²) in [5.74, 6) is -0.0594. The van der Waals surface area contributed by atoms with Gasteiger partial charge in [-0.2, -0.15) is 0 Å². The van der Waals surface area contributed by atoms with Gasteiger partial charge in [0.2, 0.25) is 0 Å². The molecule has 20 heavy (non-hydrogen) atoms. The second-order valence-electron chi connectivity index (χ2n) is 5.45. The minimum absolute atomic E-state index is 0.0594. The van der Waals surface area contributed by atoms with Crippen LogP contribution in [0.5, 0.6) is 0 Å². The van der Waals surface area contributed by atoms with E-state index >= 15 is 0 Å². The Morgan fingerprint density at radius 1 is 1.00 bits per heavy atom. The van der Waals surface area contributed by atoms with Crippen molar-refractivity contribution in [2.75, 3.05) is 26.8 Å². The lowest BCUT2D eigenvalue weighted by Gasteiger charge is -2.07. The Balaban J connectivity index is 2.10. The number of unbranched alkanes of at least 4 members (excludes halogenated alkanes) is 3. The fourth-order valence-corrected chi connectivity index (χ4v) is 2.41. The lowest BCUT2D eigenvalue weighted by atomic mass is 10.0. The monoisotopic (exact) mass is 281 g/mol. The SMILES string of the molecule is COCCNCCCCCCc1cc(C)c(F)c(C)c1. The molecule has 0 atom stereocenters. The number of ether oxygens (including phenoxy) is 1. The van der Waals surface area contributed by atoms with E-state index in [1.807, 2.05) is 26.0 Å². The van der Waals surface area contributed by atoms with Gasteiger partial charge in [-0.1, -0.05) is 25.0 Å². The molecule has 0 radical (unpaired) electrons. The highest BCUT2D eigenvalue weighted by atomic mass is 19.1. The number of aryl methyl sites for hydroxylation is 3. The minimum atomic E-state index is -0.0594. The molecule has 1 rings (SSSR count). The van der Waals surface area contributed by atoms with Crippen LogP contribution in [0.4, 0.5) is 4.39 Å². The van der Waals surface area contributed by atoms with Crippen LogP contribution < -0.4 is 5.32 Å². The van der Waals surface area contributed by atoms with Gasteiger partial charge in [-0.15, -0.1) is 0 Å². The van der Waals surface area contributed by atoms with Crippen LogP contribution >= 0.6 is 0 Å². The number of halogens is 1. The lowest BCUT2D eigenvalue weighted by molar-refractivity contribution is 0.199. The topological polar surface area (TPSA) is 21.3 Å². The fraction of sp³-hybridized carbons (Fsp3) is 0.647. The zero-order valence-electron chi connectivity index (χ0n) is 13.1. The summed E-state index contributed by atoms with van der Waals surface area (Å²) in [5, 5.41) is 3.35. The minimum Gasteiger partial charge on any atom is -0.383 e. The summed E-state index contributed by atoms with van der Waals surface area (Å²) < 4.78 is 18.5. The van der Waals surface area contributed by atoms with Crippen molar-refractivity contribution in [2.45, 2.75) is 46.0 Å². The maximum absolute atomic E-state index is 13.5. The molecule has 0 bridgehead atoms. The number of methoxy groups -OCH3 is 1. The van der Waals surface area contributed by atoms with E-state index in [4.69, 9.17) is 4.74 Å². The average molecular weight is 281 g/mol. The second-order valence-corrected chi connectivity index (χ2v) is 5.45. The molecule has 0 spiro atoms. The molecule has 0 amide bonds. The van der Waals surface area contributed by atoms with Gasteiger partial charge in [0, 0.05) is 13.7 Å². The summed E-state index contributed by atoms with van der Waals surface area (Å²) in [6, 6.07) is 3.96. The van der Waals surface area contributed by atoms with E-state index < -0.39 is 0 Å². The van der Waals surface area contributed by atoms with Gasteiger partial charge >= 0.3 is 0 Å². The lowest BCUT2D eigenvalue weighted by Crippen LogP contribution is -2.20. The summed E-state index contributed by atoms with van der Waals surface area (Å²) in [5.41, 5.74) is 2.80. The average Bonchev–Trinajstić information content (AvgIpc) is 2.43. The Kier molecular flexibility index (Phi) is 8.47. The third-order valence-electron chi connectivity index (χ3n) is 3.55. The normalized spacial score (nSPS) is 11.0. The van der Waals surface area contributed by atoms with Crippen LogP contribution in [0.2, 0.25) is 0 Å². The van der Waals surface area contributed by atoms with Crippen molar-refractivity contribution in [2.24, 2.45) is 0 Å². The molecule has 2 nitrogen and oxygen atoms in total. The quantitative estimate of drug-likeness (QED) is 0.659. The van der Waals surface area contributed by atoms with E-state index in [1.165, 1.54) is 31.2 Å². The van der Waals surface area contributed by atoms with Gasteiger partial charge in [-0.05, 0) is 56.3 Å². The first-order chi connectivity index (χ1) is 9.65. The number of nitrogens with one attached hydrogen (secondary N) is 1. The first-order valence-electron chi connectivity index (χ1n) is 7.60. The Morgan fingerprint density at radius 3 is 2.30 bits per heavy atom. The van der Waals surface area contributed by atoms with Gasteiger partial charge in [-0.25, -0.2) is 4.39 Å². The standard InChI is InChI=1S/C17H28FNO/c1-14-12-16(13-15(2)17(14)18)8-6-4-5-7-9-19-10-11-20-3/h12-13,19H,4-11H2,1-3H3. The molecule has 3 heteroatoms. The fourth-order valence-electron chi connectivity index (χ4n) is 2.41. The highest BCUT2D eigenvalue weighted by Gasteiger charge is 2.03. The van der Waals surface area contributed by atoms with E-state index in [2.05, 4.69) is 5.32 Å². The molecule has 0 unspecified atom stereocenters. The Morgan fingerprint density at radius 2 is 1.65 bits per heavy atom. The molecular weight excluding hydrogens is 253 g/mol. The van der Waals surface area contributed by atoms with Crippen molar-refractivity contribution >= 4 is 0 Å². The maximum Gasteiger partial charge on any atom is 0.129 e. The molecule has 0 heterocycles. The summed E-state index contributed by atoms with van der Waals surface area (Å²) in [4.78, 5) is 0. The number of rotatable bonds is 10. The Bertz CT molecular complexity index is 370. The van der Waals surface area contributed by atoms with Crippen LogP contribution in [0.1, 0.15) is 42.4 Å². The maximum atomic E-state index is 13.5. The van der Waals surface area contributed by atoms with Crippen molar-refractivity contribution in [1.29, 1.82) is 0 Å². The van der Waals surface area contributed by atoms with Crippen LogP contribution in [0.15, 0.2) is 12.1 Å². The van der Waals surface area contributed by atoms with Crippen LogP contribution in [0, 0.1) is 19.7 Å². The van der Waals surface area contributed by atoms with E-state index in [0.29, 0.717) is 0 Å². The van der Waals surface area contributed by atoms with Crippen LogP contribution in [0.3, 0.4) is 0 Å². The molecule has 0 saturated carbocycles. The third kappa shape index (κ3) is 6.49. The molecule has 114 valence electrons. The molecular formula is C17H28FNO. The summed E-state index contributed by atoms with van der Waals surface area (Å²) >= 11 is 0. The zero-order valence-corrected chi connectivity index (χ0v) is 13.1. The number of benzene rings is 1. The van der Waals surface area contributed by atoms with Crippen molar-refractivity contribution in [3.63, 3.8) is 0 Å². The molecule has 0 aliphatic heterocycles. The Labute approximate surface area is 122 Å². The molecule has 0 aliphatic rings. The van der Waals surface area contributed by atoms with Gasteiger partial charge in [0.25, 0.3) is 0 Å². The van der Waals surface area contributed by atoms with E-state index in [-0.39, 0.29) is 5.82 Å². The third-order valence-corrected chi connectivity index (χ3v) is 3.55. The van der Waals surface area contributed by atoms with Crippen LogP contribution in [-0.4, -0.2) is 26.8 Å². The van der Waals surface area contributed by atoms with E-state index in [0.717, 1.165) is 37.2 Å². The second kappa shape index (κ2) is 9.89. The van der Waals surface area contributed by atoms with Crippen molar-refractivity contribution < 1.29 is 9.13 Å². The van der Waals surface area contributed by atoms with E-state index in [1.54, 1.807) is 7.11 Å². The zero-order chi connectivity index (χ0) is 14.8. The van der Waals surface area contributed by atoms with Crippen LogP contribution in [0.25, 0.3) is 0 Å². The summed E-state index contributed by atoms with van der Waals surface area (Å²) in [7, 11) is 1.72. The number of hydrogen-bond donors (Lipinski definition) is 1. The predicted molar refractivity (Wildman–Crippen MR) is 82.8 cm³/mol. The highest BCUT2D eigenvalue weighted by molar-refractivity contribution is 5.30. The van der Waals surface area contributed by atoms with Gasteiger partial charge in [0.1, 0.15) is 5.82 Å².